The van der Waals surface area contributed by atoms with E-state index in [1.807, 2.05) is 6.92 Å². The number of aryl methyl sites for hydroxylation is 1. The Kier molecular flexibility index (Phi) is 4.65. The Hall–Kier alpha value is -1.51. The number of hydrogen-bond acceptors (Lipinski definition) is 7. The lowest BCUT2D eigenvalue weighted by molar-refractivity contribution is -0.0131. The van der Waals surface area contributed by atoms with E-state index in [2.05, 4.69) is 34.1 Å². The average Bonchev–Trinajstić information content (AvgIpc) is 2.97. The maximum Gasteiger partial charge on any atom is 0.275 e. The van der Waals surface area contributed by atoms with E-state index < -0.39 is 0 Å². The maximum atomic E-state index is 11.9. The van der Waals surface area contributed by atoms with Crippen molar-refractivity contribution in [3.05, 3.63) is 22.1 Å². The largest absolute Gasteiger partial charge is 0.379 e. The van der Waals surface area contributed by atoms with Crippen LogP contribution in [0.2, 0.25) is 0 Å². The first kappa shape index (κ1) is 16.4. The van der Waals surface area contributed by atoms with E-state index in [4.69, 9.17) is 4.74 Å². The Bertz CT molecular complexity index is 737. The van der Waals surface area contributed by atoms with Gasteiger partial charge in [-0.2, -0.15) is 4.52 Å². The monoisotopic (exact) mass is 337 g/mol. The van der Waals surface area contributed by atoms with E-state index in [0.717, 1.165) is 50.1 Å². The van der Waals surface area contributed by atoms with Gasteiger partial charge < -0.3 is 10.1 Å². The third-order valence-electron chi connectivity index (χ3n) is 4.53. The zero-order valence-corrected chi connectivity index (χ0v) is 14.7. The first-order chi connectivity index (χ1) is 11.0. The summed E-state index contributed by atoms with van der Waals surface area (Å²) in [6, 6.07) is 1.50. The highest BCUT2D eigenvalue weighted by molar-refractivity contribution is 7.20. The second kappa shape index (κ2) is 6.54. The van der Waals surface area contributed by atoms with E-state index in [1.54, 1.807) is 0 Å². The molecule has 0 bridgehead atoms. The predicted molar refractivity (Wildman–Crippen MR) is 91.4 cm³/mol. The van der Waals surface area contributed by atoms with Gasteiger partial charge in [0.2, 0.25) is 10.1 Å². The van der Waals surface area contributed by atoms with Crippen LogP contribution in [0.5, 0.6) is 0 Å². The van der Waals surface area contributed by atoms with Crippen LogP contribution in [-0.2, 0) is 4.74 Å². The Morgan fingerprint density at radius 1 is 1.43 bits per heavy atom. The summed E-state index contributed by atoms with van der Waals surface area (Å²) in [4.78, 5) is 19.4. The molecule has 23 heavy (non-hydrogen) atoms. The Morgan fingerprint density at radius 2 is 2.17 bits per heavy atom. The summed E-state index contributed by atoms with van der Waals surface area (Å²) < 4.78 is 6.81. The second-order valence-corrected chi connectivity index (χ2v) is 7.10. The molecule has 1 atom stereocenters. The minimum atomic E-state index is -0.136. The van der Waals surface area contributed by atoms with Crippen LogP contribution in [0.15, 0.2) is 10.9 Å². The molecule has 1 fully saturated rings. The minimum absolute atomic E-state index is 0.0376. The summed E-state index contributed by atoms with van der Waals surface area (Å²) in [5.74, 6) is 0. The molecule has 8 heteroatoms. The van der Waals surface area contributed by atoms with Crippen molar-refractivity contribution in [3.63, 3.8) is 0 Å². The summed E-state index contributed by atoms with van der Waals surface area (Å²) in [6.45, 7) is 10.5. The number of nitrogens with one attached hydrogen (secondary N) is 1. The molecule has 2 aromatic heterocycles. The Morgan fingerprint density at radius 3 is 2.87 bits per heavy atom. The lowest BCUT2D eigenvalue weighted by atomic mass is 9.96. The molecule has 0 spiro atoms. The van der Waals surface area contributed by atoms with Gasteiger partial charge in [0.05, 0.1) is 13.2 Å². The van der Waals surface area contributed by atoms with Crippen LogP contribution in [0.3, 0.4) is 0 Å². The van der Waals surface area contributed by atoms with Gasteiger partial charge in [-0.25, -0.2) is 4.98 Å². The van der Waals surface area contributed by atoms with Crippen LogP contribution < -0.4 is 10.9 Å². The fourth-order valence-electron chi connectivity index (χ4n) is 2.82. The van der Waals surface area contributed by atoms with Crippen LogP contribution in [0.25, 0.3) is 4.96 Å². The van der Waals surface area contributed by atoms with Gasteiger partial charge in [-0.15, -0.1) is 5.10 Å². The molecule has 0 saturated carbocycles. The highest BCUT2D eigenvalue weighted by Crippen LogP contribution is 2.23. The van der Waals surface area contributed by atoms with Crippen molar-refractivity contribution in [1.29, 1.82) is 0 Å². The zero-order valence-electron chi connectivity index (χ0n) is 13.8. The molecule has 3 rings (SSSR count). The van der Waals surface area contributed by atoms with Gasteiger partial charge >= 0.3 is 0 Å². The van der Waals surface area contributed by atoms with E-state index >= 15 is 0 Å². The molecule has 126 valence electrons. The molecular formula is C15H23N5O2S. The molecule has 0 aliphatic carbocycles. The van der Waals surface area contributed by atoms with Crippen molar-refractivity contribution in [1.82, 2.24) is 19.5 Å². The highest BCUT2D eigenvalue weighted by Gasteiger charge is 2.31. The first-order valence-electron chi connectivity index (χ1n) is 7.96. The number of hydrogen-bond donors (Lipinski definition) is 1. The van der Waals surface area contributed by atoms with Gasteiger partial charge in [0.1, 0.15) is 0 Å². The van der Waals surface area contributed by atoms with Gasteiger partial charge in [0, 0.05) is 36.9 Å². The number of morpholine rings is 1. The molecule has 2 aromatic rings. The van der Waals surface area contributed by atoms with Gasteiger partial charge in [-0.05, 0) is 20.3 Å². The molecule has 7 nitrogen and oxygen atoms in total. The molecule has 0 aromatic carbocycles. The lowest BCUT2D eigenvalue weighted by Gasteiger charge is -2.43. The van der Waals surface area contributed by atoms with Crippen molar-refractivity contribution in [2.45, 2.75) is 32.7 Å². The Labute approximate surface area is 139 Å². The SMILES string of the molecule is CC[C@](C)(CNc1nn2c(=O)cc(C)nc2s1)N1CCOCC1. The van der Waals surface area contributed by atoms with E-state index in [1.165, 1.54) is 21.9 Å². The van der Waals surface area contributed by atoms with Crippen LogP contribution >= 0.6 is 11.3 Å². The van der Waals surface area contributed by atoms with E-state index in [0.29, 0.717) is 4.96 Å². The third-order valence-corrected chi connectivity index (χ3v) is 5.40. The number of aromatic nitrogens is 3. The molecule has 3 heterocycles. The summed E-state index contributed by atoms with van der Waals surface area (Å²) in [5, 5.41) is 8.47. The molecule has 0 radical (unpaired) electrons. The van der Waals surface area contributed by atoms with Gasteiger partial charge in [0.15, 0.2) is 0 Å². The van der Waals surface area contributed by atoms with Crippen molar-refractivity contribution in [2.24, 2.45) is 0 Å². The van der Waals surface area contributed by atoms with Gasteiger partial charge in [0.25, 0.3) is 5.56 Å². The fraction of sp³-hybridized carbons (Fsp3) is 0.667. The molecule has 0 amide bonds. The van der Waals surface area contributed by atoms with E-state index in [-0.39, 0.29) is 11.1 Å². The summed E-state index contributed by atoms with van der Waals surface area (Å²) in [5.41, 5.74) is 0.621. The maximum absolute atomic E-state index is 11.9. The number of rotatable bonds is 5. The van der Waals surface area contributed by atoms with Crippen molar-refractivity contribution < 1.29 is 4.74 Å². The fourth-order valence-corrected chi connectivity index (χ4v) is 3.67. The average molecular weight is 337 g/mol. The summed E-state index contributed by atoms with van der Waals surface area (Å²) in [6.07, 6.45) is 1.03. The zero-order chi connectivity index (χ0) is 16.4. The number of ether oxygens (including phenoxy) is 1. The smallest absolute Gasteiger partial charge is 0.275 e. The van der Waals surface area contributed by atoms with Crippen LogP contribution in [0.4, 0.5) is 5.13 Å². The lowest BCUT2D eigenvalue weighted by Crippen LogP contribution is -2.54. The number of fused-ring (bicyclic) bond motifs is 1. The normalized spacial score (nSPS) is 18.9. The molecule has 0 unspecified atom stereocenters. The quantitative estimate of drug-likeness (QED) is 0.888. The van der Waals surface area contributed by atoms with Crippen LogP contribution in [-0.4, -0.2) is 57.9 Å². The third kappa shape index (κ3) is 3.39. The summed E-state index contributed by atoms with van der Waals surface area (Å²) in [7, 11) is 0. The summed E-state index contributed by atoms with van der Waals surface area (Å²) >= 11 is 1.41. The second-order valence-electron chi connectivity index (χ2n) is 6.14. The predicted octanol–water partition coefficient (Wildman–Crippen LogP) is 1.37. The Balaban J connectivity index is 1.76. The molecule has 1 saturated heterocycles. The molecule has 1 aliphatic rings. The number of anilines is 1. The number of nitrogens with zero attached hydrogens (tertiary/aromatic N) is 4. The van der Waals surface area contributed by atoms with E-state index in [9.17, 15) is 4.79 Å². The van der Waals surface area contributed by atoms with Gasteiger partial charge in [-0.3, -0.25) is 9.69 Å². The topological polar surface area (TPSA) is 71.8 Å². The van der Waals surface area contributed by atoms with Crippen molar-refractivity contribution in [2.75, 3.05) is 38.2 Å². The van der Waals surface area contributed by atoms with Gasteiger partial charge in [-0.1, -0.05) is 18.3 Å². The molecule has 1 aliphatic heterocycles. The standard InChI is InChI=1S/C15H23N5O2S/c1-4-15(3,19-5-7-22-8-6-19)10-16-13-18-20-12(21)9-11(2)17-14(20)23-13/h9H,4-8,10H2,1-3H3,(H,16,18)/t15-/m1/s1. The minimum Gasteiger partial charge on any atom is -0.379 e. The van der Waals surface area contributed by atoms with Crippen LogP contribution in [0.1, 0.15) is 26.0 Å². The van der Waals surface area contributed by atoms with Crippen molar-refractivity contribution in [3.8, 4) is 0 Å². The van der Waals surface area contributed by atoms with Crippen LogP contribution in [0, 0.1) is 6.92 Å². The molecular weight excluding hydrogens is 314 g/mol. The first-order valence-corrected chi connectivity index (χ1v) is 8.78. The molecule has 1 N–H and O–H groups in total. The van der Waals surface area contributed by atoms with Crippen molar-refractivity contribution >= 4 is 21.4 Å². The highest BCUT2D eigenvalue weighted by atomic mass is 32.1.